The van der Waals surface area contributed by atoms with Crippen molar-refractivity contribution in [3.05, 3.63) is 106 Å². The highest BCUT2D eigenvalue weighted by molar-refractivity contribution is 7.95. The summed E-state index contributed by atoms with van der Waals surface area (Å²) < 4.78 is 32.3. The van der Waals surface area contributed by atoms with Gasteiger partial charge < -0.3 is 9.84 Å². The van der Waals surface area contributed by atoms with Crippen LogP contribution in [0.5, 0.6) is 0 Å². The van der Waals surface area contributed by atoms with Crippen LogP contribution in [0.4, 0.5) is 5.69 Å². The van der Waals surface area contributed by atoms with Crippen molar-refractivity contribution in [3.8, 4) is 0 Å². The molecule has 0 spiro atoms. The van der Waals surface area contributed by atoms with Gasteiger partial charge in [0.05, 0.1) is 17.6 Å². The summed E-state index contributed by atoms with van der Waals surface area (Å²) in [5, 5.41) is 10.9. The van der Waals surface area contributed by atoms with Crippen molar-refractivity contribution in [3.63, 3.8) is 0 Å². The Morgan fingerprint density at radius 2 is 1.53 bits per heavy atom. The van der Waals surface area contributed by atoms with Gasteiger partial charge >= 0.3 is 5.97 Å². The topological polar surface area (TPSA) is 101 Å². The minimum absolute atomic E-state index is 0.0318. The number of aliphatic hydroxyl groups is 1. The summed E-state index contributed by atoms with van der Waals surface area (Å²) in [4.78, 5) is 26.1. The fourth-order valence-corrected chi connectivity index (χ4v) is 5.83. The van der Waals surface area contributed by atoms with Gasteiger partial charge in [-0.3, -0.25) is 9.69 Å². The van der Waals surface area contributed by atoms with Gasteiger partial charge in [-0.2, -0.15) is 0 Å². The van der Waals surface area contributed by atoms with Gasteiger partial charge in [0, 0.05) is 5.69 Å². The van der Waals surface area contributed by atoms with Gasteiger partial charge in [-0.25, -0.2) is 13.2 Å². The lowest BCUT2D eigenvalue weighted by molar-refractivity contribution is -0.117. The normalized spacial score (nSPS) is 16.1. The molecule has 4 rings (SSSR count). The lowest BCUT2D eigenvalue weighted by atomic mass is 10.0. The predicted octanol–water partition coefficient (Wildman–Crippen LogP) is 5.24. The number of esters is 1. The second-order valence-electron chi connectivity index (χ2n) is 8.97. The Balaban J connectivity index is 1.89. The van der Waals surface area contributed by atoms with Gasteiger partial charge in [0.2, 0.25) is 9.84 Å². The molecule has 3 aromatic carbocycles. The Morgan fingerprint density at radius 3 is 2.06 bits per heavy atom. The first-order valence-electron chi connectivity index (χ1n) is 11.4. The number of hydrogen-bond acceptors (Lipinski definition) is 6. The number of carbonyl (C=O) groups is 2. The number of nitrogens with zero attached hydrogens (tertiary/aromatic N) is 1. The third-order valence-corrected chi connectivity index (χ3v) is 8.16. The van der Waals surface area contributed by atoms with Gasteiger partial charge in [-0.1, -0.05) is 55.8 Å². The van der Waals surface area contributed by atoms with E-state index in [4.69, 9.17) is 4.74 Å². The zero-order valence-corrected chi connectivity index (χ0v) is 21.2. The van der Waals surface area contributed by atoms with Crippen molar-refractivity contribution in [1.82, 2.24) is 0 Å². The van der Waals surface area contributed by atoms with Crippen LogP contribution in [0.3, 0.4) is 0 Å². The smallest absolute Gasteiger partial charge is 0.337 e. The molecule has 0 aromatic heterocycles. The summed E-state index contributed by atoms with van der Waals surface area (Å²) in [5.41, 5.74) is 3.05. The van der Waals surface area contributed by atoms with Crippen LogP contribution in [0, 0.1) is 6.92 Å². The Kier molecular flexibility index (Phi) is 6.73. The monoisotopic (exact) mass is 505 g/mol. The van der Waals surface area contributed by atoms with Gasteiger partial charge in [-0.15, -0.1) is 0 Å². The van der Waals surface area contributed by atoms with E-state index in [9.17, 15) is 23.1 Å². The van der Waals surface area contributed by atoms with E-state index < -0.39 is 38.4 Å². The van der Waals surface area contributed by atoms with E-state index in [1.807, 2.05) is 32.9 Å². The highest BCUT2D eigenvalue weighted by Crippen LogP contribution is 2.45. The Bertz CT molecular complexity index is 1440. The molecule has 1 amide bonds. The molecule has 1 heterocycles. The van der Waals surface area contributed by atoms with Crippen molar-refractivity contribution in [2.45, 2.75) is 37.6 Å². The van der Waals surface area contributed by atoms with Crippen LogP contribution < -0.4 is 4.90 Å². The first kappa shape index (κ1) is 25.2. The third kappa shape index (κ3) is 4.40. The second-order valence-corrected chi connectivity index (χ2v) is 10.9. The van der Waals surface area contributed by atoms with E-state index in [-0.39, 0.29) is 16.4 Å². The fraction of sp³-hybridized carbons (Fsp3) is 0.214. The molecule has 1 atom stereocenters. The molecule has 186 valence electrons. The van der Waals surface area contributed by atoms with Crippen molar-refractivity contribution >= 4 is 27.4 Å². The first-order chi connectivity index (χ1) is 17.1. The van der Waals surface area contributed by atoms with Crippen molar-refractivity contribution in [1.29, 1.82) is 0 Å². The summed E-state index contributed by atoms with van der Waals surface area (Å²) in [6.45, 7) is 5.92. The van der Waals surface area contributed by atoms with Crippen LogP contribution in [-0.4, -0.2) is 32.5 Å². The van der Waals surface area contributed by atoms with Crippen LogP contribution in [0.2, 0.25) is 0 Å². The first-order valence-corrected chi connectivity index (χ1v) is 12.9. The molecule has 0 fully saturated rings. The van der Waals surface area contributed by atoms with Crippen LogP contribution in [0.15, 0.2) is 88.4 Å². The minimum atomic E-state index is -4.25. The molecule has 8 heteroatoms. The zero-order chi connectivity index (χ0) is 26.2. The molecule has 0 saturated heterocycles. The summed E-state index contributed by atoms with van der Waals surface area (Å²) >= 11 is 0. The molecule has 0 bridgehead atoms. The number of sulfone groups is 1. The van der Waals surface area contributed by atoms with E-state index in [0.29, 0.717) is 11.3 Å². The van der Waals surface area contributed by atoms with E-state index in [0.717, 1.165) is 11.1 Å². The number of anilines is 1. The standard InChI is InChI=1S/C28H27NO6S/c1-17(2)19-11-13-22(14-12-19)29-24(20-7-9-21(10-8-20)28(32)35-4)26(25(30)27(29)31)36(33,34)23-15-5-18(3)6-16-23/h5-17,24,30H,1-4H3/t24-/m1/s1. The quantitative estimate of drug-likeness (QED) is 0.460. The largest absolute Gasteiger partial charge is 0.502 e. The van der Waals surface area contributed by atoms with Crippen molar-refractivity contribution in [2.75, 3.05) is 12.0 Å². The van der Waals surface area contributed by atoms with Crippen molar-refractivity contribution < 1.29 is 27.9 Å². The molecule has 0 unspecified atom stereocenters. The Hall–Kier alpha value is -3.91. The summed E-state index contributed by atoms with van der Waals surface area (Å²) in [7, 11) is -2.99. The van der Waals surface area contributed by atoms with Gasteiger partial charge in [0.15, 0.2) is 5.76 Å². The van der Waals surface area contributed by atoms with E-state index in [2.05, 4.69) is 0 Å². The molecule has 0 radical (unpaired) electrons. The molecule has 7 nitrogen and oxygen atoms in total. The molecular weight excluding hydrogens is 478 g/mol. The Labute approximate surface area is 210 Å². The zero-order valence-electron chi connectivity index (χ0n) is 20.4. The summed E-state index contributed by atoms with van der Waals surface area (Å²) in [6, 6.07) is 18.4. The summed E-state index contributed by atoms with van der Waals surface area (Å²) in [5.74, 6) is -1.93. The maximum absolute atomic E-state index is 13.8. The van der Waals surface area contributed by atoms with Crippen molar-refractivity contribution in [2.24, 2.45) is 0 Å². The highest BCUT2D eigenvalue weighted by Gasteiger charge is 2.47. The van der Waals surface area contributed by atoms with Crippen LogP contribution in [-0.2, 0) is 19.4 Å². The number of aryl methyl sites for hydroxylation is 1. The number of amides is 1. The average Bonchev–Trinajstić information content (AvgIpc) is 3.14. The number of hydrogen-bond donors (Lipinski definition) is 1. The predicted molar refractivity (Wildman–Crippen MR) is 137 cm³/mol. The summed E-state index contributed by atoms with van der Waals surface area (Å²) in [6.07, 6.45) is 0. The molecular formula is C28H27NO6S. The molecule has 36 heavy (non-hydrogen) atoms. The number of benzene rings is 3. The minimum Gasteiger partial charge on any atom is -0.502 e. The SMILES string of the molecule is COC(=O)c1ccc([C@@H]2C(S(=O)(=O)c3ccc(C)cc3)=C(O)C(=O)N2c2ccc(C(C)C)cc2)cc1. The maximum Gasteiger partial charge on any atom is 0.337 e. The molecule has 1 aliphatic heterocycles. The van der Waals surface area contributed by atoms with Crippen LogP contribution >= 0.6 is 0 Å². The third-order valence-electron chi connectivity index (χ3n) is 6.27. The van der Waals surface area contributed by atoms with Gasteiger partial charge in [-0.05, 0) is 60.4 Å². The Morgan fingerprint density at radius 1 is 0.944 bits per heavy atom. The van der Waals surface area contributed by atoms with E-state index in [1.165, 1.54) is 36.3 Å². The van der Waals surface area contributed by atoms with E-state index in [1.54, 1.807) is 36.4 Å². The van der Waals surface area contributed by atoms with Gasteiger partial charge in [0.25, 0.3) is 5.91 Å². The highest BCUT2D eigenvalue weighted by atomic mass is 32.2. The molecule has 1 N–H and O–H groups in total. The number of ether oxygens (including phenoxy) is 1. The molecule has 0 saturated carbocycles. The molecule has 1 aliphatic rings. The lowest BCUT2D eigenvalue weighted by Gasteiger charge is -2.27. The van der Waals surface area contributed by atoms with Crippen LogP contribution in [0.1, 0.15) is 52.9 Å². The number of aliphatic hydroxyl groups excluding tert-OH is 1. The van der Waals surface area contributed by atoms with E-state index >= 15 is 0 Å². The second kappa shape index (κ2) is 9.62. The average molecular weight is 506 g/mol. The molecule has 0 aliphatic carbocycles. The van der Waals surface area contributed by atoms with Crippen LogP contribution in [0.25, 0.3) is 0 Å². The fourth-order valence-electron chi connectivity index (χ4n) is 4.21. The number of methoxy groups -OCH3 is 1. The molecule has 3 aromatic rings. The number of carbonyl (C=O) groups excluding carboxylic acids is 2. The number of rotatable bonds is 6. The lowest BCUT2D eigenvalue weighted by Crippen LogP contribution is -2.31. The van der Waals surface area contributed by atoms with Gasteiger partial charge in [0.1, 0.15) is 10.9 Å². The maximum atomic E-state index is 13.8.